The normalized spacial score (nSPS) is 16.8. The van der Waals surface area contributed by atoms with E-state index >= 15 is 0 Å². The van der Waals surface area contributed by atoms with E-state index in [1.165, 1.54) is 0 Å². The molecular formula is C23H25N3O4. The van der Waals surface area contributed by atoms with Gasteiger partial charge in [-0.3, -0.25) is 4.79 Å². The lowest BCUT2D eigenvalue weighted by molar-refractivity contribution is -0.134. The number of methoxy groups -OCH3 is 1. The predicted molar refractivity (Wildman–Crippen MR) is 112 cm³/mol. The van der Waals surface area contributed by atoms with Crippen LogP contribution < -0.4 is 10.5 Å². The molecule has 1 aliphatic heterocycles. The van der Waals surface area contributed by atoms with E-state index in [0.717, 1.165) is 41.7 Å². The van der Waals surface area contributed by atoms with E-state index in [9.17, 15) is 9.59 Å². The molecule has 1 aromatic heterocycles. The molecule has 1 saturated heterocycles. The first-order valence-electron chi connectivity index (χ1n) is 10.2. The summed E-state index contributed by atoms with van der Waals surface area (Å²) in [5.41, 5.74) is 1.77. The molecule has 1 atom stereocenters. The van der Waals surface area contributed by atoms with Gasteiger partial charge in [-0.25, -0.2) is 4.79 Å². The van der Waals surface area contributed by atoms with Gasteiger partial charge in [0.2, 0.25) is 11.8 Å². The average molecular weight is 407 g/mol. The first-order valence-corrected chi connectivity index (χ1v) is 10.2. The summed E-state index contributed by atoms with van der Waals surface area (Å²) < 4.78 is 11.6. The molecule has 0 bridgehead atoms. The minimum atomic E-state index is -0.627. The highest BCUT2D eigenvalue weighted by atomic mass is 16.5. The van der Waals surface area contributed by atoms with Crippen molar-refractivity contribution in [2.45, 2.75) is 38.3 Å². The van der Waals surface area contributed by atoms with Crippen LogP contribution in [0.2, 0.25) is 0 Å². The highest BCUT2D eigenvalue weighted by molar-refractivity contribution is 5.76. The first kappa shape index (κ1) is 19.9. The van der Waals surface area contributed by atoms with E-state index < -0.39 is 5.76 Å². The predicted octanol–water partition coefficient (Wildman–Crippen LogP) is 3.66. The van der Waals surface area contributed by atoms with Crippen molar-refractivity contribution in [1.82, 2.24) is 14.7 Å². The molecule has 2 aromatic carbocycles. The molecule has 1 amide bonds. The molecule has 156 valence electrons. The van der Waals surface area contributed by atoms with Gasteiger partial charge in [-0.05, 0) is 42.7 Å². The summed E-state index contributed by atoms with van der Waals surface area (Å²) >= 11 is 0. The molecule has 0 spiro atoms. The van der Waals surface area contributed by atoms with Crippen LogP contribution in [0, 0.1) is 0 Å². The van der Waals surface area contributed by atoms with Crippen molar-refractivity contribution in [3.63, 3.8) is 0 Å². The van der Waals surface area contributed by atoms with E-state index in [0.29, 0.717) is 12.1 Å². The molecule has 4 rings (SSSR count). The number of hydrogen-bond acceptors (Lipinski definition) is 5. The van der Waals surface area contributed by atoms with Crippen LogP contribution in [0.1, 0.15) is 37.3 Å². The molecule has 0 aliphatic carbocycles. The maximum atomic E-state index is 13.2. The Bertz CT molecular complexity index is 1040. The van der Waals surface area contributed by atoms with Crippen molar-refractivity contribution in [1.29, 1.82) is 0 Å². The molecule has 7 nitrogen and oxygen atoms in total. The maximum Gasteiger partial charge on any atom is 0.437 e. The van der Waals surface area contributed by atoms with Crippen LogP contribution in [-0.2, 0) is 11.3 Å². The second-order valence-corrected chi connectivity index (χ2v) is 7.42. The SMILES string of the molecule is COc1ccc(C2CCCCCN2C(=O)Cn2nc(-c3ccccc3)oc2=O)cc1. The first-order chi connectivity index (χ1) is 14.7. The number of carbonyl (C=O) groups excluding carboxylic acids is 1. The van der Waals surface area contributed by atoms with Gasteiger partial charge in [-0.1, -0.05) is 43.2 Å². The Balaban J connectivity index is 1.56. The standard InChI is InChI=1S/C23H25N3O4/c1-29-19-13-11-17(12-14-19)20-10-6-3-7-15-25(20)21(27)16-26-23(28)30-22(24-26)18-8-4-2-5-9-18/h2,4-5,8-9,11-14,20H,3,6-7,10,15-16H2,1H3. The van der Waals surface area contributed by atoms with E-state index in [-0.39, 0.29) is 24.4 Å². The minimum absolute atomic E-state index is 0.0258. The Kier molecular flexibility index (Phi) is 5.97. The molecule has 0 N–H and O–H groups in total. The number of amides is 1. The summed E-state index contributed by atoms with van der Waals surface area (Å²) in [7, 11) is 1.63. The fourth-order valence-corrected chi connectivity index (χ4v) is 3.90. The molecule has 7 heteroatoms. The van der Waals surface area contributed by atoms with Gasteiger partial charge in [0.15, 0.2) is 0 Å². The second-order valence-electron chi connectivity index (χ2n) is 7.42. The maximum absolute atomic E-state index is 13.2. The summed E-state index contributed by atoms with van der Waals surface area (Å²) in [4.78, 5) is 27.3. The van der Waals surface area contributed by atoms with Crippen LogP contribution in [0.3, 0.4) is 0 Å². The van der Waals surface area contributed by atoms with E-state index in [1.807, 2.05) is 59.5 Å². The fourth-order valence-electron chi connectivity index (χ4n) is 3.90. The van der Waals surface area contributed by atoms with Gasteiger partial charge < -0.3 is 14.1 Å². The second kappa shape index (κ2) is 8.98. The summed E-state index contributed by atoms with van der Waals surface area (Å²) in [5.74, 6) is 0.245. The Morgan fingerprint density at radius 3 is 2.60 bits per heavy atom. The Hall–Kier alpha value is -3.35. The molecular weight excluding hydrogens is 382 g/mol. The molecule has 0 saturated carbocycles. The number of likely N-dealkylation sites (tertiary alicyclic amines) is 1. The van der Waals surface area contributed by atoms with Crippen LogP contribution >= 0.6 is 0 Å². The molecule has 1 fully saturated rings. The third-order valence-corrected chi connectivity index (χ3v) is 5.49. The van der Waals surface area contributed by atoms with Gasteiger partial charge in [0.05, 0.1) is 13.2 Å². The molecule has 30 heavy (non-hydrogen) atoms. The number of ether oxygens (including phenoxy) is 1. The number of benzene rings is 2. The molecule has 0 radical (unpaired) electrons. The zero-order valence-corrected chi connectivity index (χ0v) is 17.0. The lowest BCUT2D eigenvalue weighted by Gasteiger charge is -2.30. The number of aromatic nitrogens is 2. The molecule has 1 aliphatic rings. The Morgan fingerprint density at radius 1 is 1.10 bits per heavy atom. The van der Waals surface area contributed by atoms with E-state index in [4.69, 9.17) is 9.15 Å². The van der Waals surface area contributed by atoms with Gasteiger partial charge >= 0.3 is 5.76 Å². The lowest BCUT2D eigenvalue weighted by atomic mass is 10.0. The Labute approximate surface area is 174 Å². The number of rotatable bonds is 5. The average Bonchev–Trinajstić information content (AvgIpc) is 2.99. The highest BCUT2D eigenvalue weighted by Gasteiger charge is 2.28. The van der Waals surface area contributed by atoms with Gasteiger partial charge in [-0.15, -0.1) is 5.10 Å². The quantitative estimate of drug-likeness (QED) is 0.645. The van der Waals surface area contributed by atoms with E-state index in [1.54, 1.807) is 7.11 Å². The van der Waals surface area contributed by atoms with Gasteiger partial charge in [-0.2, -0.15) is 4.68 Å². The fraction of sp³-hybridized carbons (Fsp3) is 0.348. The largest absolute Gasteiger partial charge is 0.497 e. The summed E-state index contributed by atoms with van der Waals surface area (Å²) in [6.45, 7) is 0.523. The molecule has 1 unspecified atom stereocenters. The van der Waals surface area contributed by atoms with Crippen molar-refractivity contribution in [3.05, 3.63) is 70.7 Å². The summed E-state index contributed by atoms with van der Waals surface area (Å²) in [5, 5.41) is 4.23. The van der Waals surface area contributed by atoms with Crippen LogP contribution in [0.5, 0.6) is 5.75 Å². The van der Waals surface area contributed by atoms with Crippen molar-refractivity contribution in [3.8, 4) is 17.2 Å². The van der Waals surface area contributed by atoms with Crippen LogP contribution in [0.25, 0.3) is 11.5 Å². The summed E-state index contributed by atoms with van der Waals surface area (Å²) in [6.07, 6.45) is 3.98. The van der Waals surface area contributed by atoms with Gasteiger partial charge in [0, 0.05) is 12.1 Å². The summed E-state index contributed by atoms with van der Waals surface area (Å²) in [6, 6.07) is 17.0. The van der Waals surface area contributed by atoms with Crippen molar-refractivity contribution in [2.24, 2.45) is 0 Å². The van der Waals surface area contributed by atoms with Crippen LogP contribution in [0.15, 0.2) is 63.8 Å². The highest BCUT2D eigenvalue weighted by Crippen LogP contribution is 2.31. The number of carbonyl (C=O) groups is 1. The molecule has 3 aromatic rings. The zero-order chi connectivity index (χ0) is 20.9. The van der Waals surface area contributed by atoms with Gasteiger partial charge in [0.1, 0.15) is 12.3 Å². The van der Waals surface area contributed by atoms with Crippen molar-refractivity contribution < 1.29 is 13.9 Å². The van der Waals surface area contributed by atoms with Crippen LogP contribution in [-0.4, -0.2) is 34.2 Å². The third kappa shape index (κ3) is 4.30. The van der Waals surface area contributed by atoms with Crippen LogP contribution in [0.4, 0.5) is 0 Å². The molecule has 2 heterocycles. The Morgan fingerprint density at radius 2 is 1.87 bits per heavy atom. The lowest BCUT2D eigenvalue weighted by Crippen LogP contribution is -2.38. The zero-order valence-electron chi connectivity index (χ0n) is 17.0. The monoisotopic (exact) mass is 407 g/mol. The van der Waals surface area contributed by atoms with E-state index in [2.05, 4.69) is 5.10 Å². The number of hydrogen-bond donors (Lipinski definition) is 0. The smallest absolute Gasteiger partial charge is 0.437 e. The third-order valence-electron chi connectivity index (χ3n) is 5.49. The van der Waals surface area contributed by atoms with Gasteiger partial charge in [0.25, 0.3) is 0 Å². The van der Waals surface area contributed by atoms with Crippen molar-refractivity contribution >= 4 is 5.91 Å². The topological polar surface area (TPSA) is 77.6 Å². The van der Waals surface area contributed by atoms with Crippen molar-refractivity contribution in [2.75, 3.05) is 13.7 Å². The number of nitrogens with zero attached hydrogens (tertiary/aromatic N) is 3. The minimum Gasteiger partial charge on any atom is -0.497 e.